The van der Waals surface area contributed by atoms with Crippen molar-refractivity contribution in [1.82, 2.24) is 9.88 Å². The Morgan fingerprint density at radius 3 is 2.52 bits per heavy atom. The highest BCUT2D eigenvalue weighted by Crippen LogP contribution is 2.33. The SMILES string of the molecule is O=C(CCN1CCN(c2ncc(C(F)(F)F)cc2Cl)CC1)Nc1cccc(F)c1. The second-order valence-corrected chi connectivity index (χ2v) is 7.07. The number of hydrogen-bond acceptors (Lipinski definition) is 4. The first-order chi connectivity index (χ1) is 13.7. The molecule has 1 aromatic heterocycles. The molecule has 5 nitrogen and oxygen atoms in total. The minimum atomic E-state index is -4.49. The molecule has 0 bridgehead atoms. The third-order valence-corrected chi connectivity index (χ3v) is 4.86. The van der Waals surface area contributed by atoms with E-state index in [1.54, 1.807) is 6.07 Å². The van der Waals surface area contributed by atoms with Crippen molar-refractivity contribution in [2.24, 2.45) is 0 Å². The van der Waals surface area contributed by atoms with Crippen LogP contribution in [0.25, 0.3) is 0 Å². The third-order valence-electron chi connectivity index (χ3n) is 4.58. The number of benzene rings is 1. The van der Waals surface area contributed by atoms with Crippen LogP contribution in [0.2, 0.25) is 5.02 Å². The van der Waals surface area contributed by atoms with Crippen LogP contribution in [0, 0.1) is 5.82 Å². The summed E-state index contributed by atoms with van der Waals surface area (Å²) in [5.41, 5.74) is -0.475. The van der Waals surface area contributed by atoms with Gasteiger partial charge in [-0.2, -0.15) is 13.2 Å². The Morgan fingerprint density at radius 1 is 1.17 bits per heavy atom. The van der Waals surface area contributed by atoms with E-state index >= 15 is 0 Å². The van der Waals surface area contributed by atoms with Crippen molar-refractivity contribution < 1.29 is 22.4 Å². The Bertz CT molecular complexity index is 870. The van der Waals surface area contributed by atoms with E-state index in [1.807, 2.05) is 4.90 Å². The van der Waals surface area contributed by atoms with E-state index in [2.05, 4.69) is 15.2 Å². The second-order valence-electron chi connectivity index (χ2n) is 6.66. The first-order valence-corrected chi connectivity index (χ1v) is 9.35. The maximum absolute atomic E-state index is 13.1. The zero-order valence-electron chi connectivity index (χ0n) is 15.3. The zero-order valence-corrected chi connectivity index (χ0v) is 16.1. The molecule has 1 fully saturated rings. The van der Waals surface area contributed by atoms with Crippen molar-refractivity contribution in [1.29, 1.82) is 0 Å². The predicted octanol–water partition coefficient (Wildman–Crippen LogP) is 4.04. The van der Waals surface area contributed by atoms with Gasteiger partial charge in [-0.05, 0) is 24.3 Å². The Hall–Kier alpha value is -2.39. The minimum absolute atomic E-state index is 0.0391. The van der Waals surface area contributed by atoms with Crippen LogP contribution >= 0.6 is 11.6 Å². The number of anilines is 2. The summed E-state index contributed by atoms with van der Waals surface area (Å²) in [6, 6.07) is 6.56. The molecule has 0 radical (unpaired) electrons. The van der Waals surface area contributed by atoms with Gasteiger partial charge in [-0.1, -0.05) is 17.7 Å². The Labute approximate surface area is 170 Å². The van der Waals surface area contributed by atoms with Crippen LogP contribution in [0.5, 0.6) is 0 Å². The number of alkyl halides is 3. The van der Waals surface area contributed by atoms with E-state index in [-0.39, 0.29) is 17.4 Å². The summed E-state index contributed by atoms with van der Waals surface area (Å²) in [4.78, 5) is 19.8. The standard InChI is InChI=1S/C19H19ClF4N4O/c20-16-10-13(19(22,23)24)12-25-18(16)28-8-6-27(7-9-28)5-4-17(29)26-15-3-1-2-14(21)11-15/h1-3,10-12H,4-9H2,(H,26,29). The number of carbonyl (C=O) groups is 1. The number of hydrogen-bond donors (Lipinski definition) is 1. The molecule has 29 heavy (non-hydrogen) atoms. The Morgan fingerprint density at radius 2 is 1.90 bits per heavy atom. The number of piperazine rings is 1. The van der Waals surface area contributed by atoms with Crippen LogP contribution in [-0.4, -0.2) is 48.5 Å². The summed E-state index contributed by atoms with van der Waals surface area (Å²) in [7, 11) is 0. The molecule has 0 atom stereocenters. The molecule has 156 valence electrons. The fraction of sp³-hybridized carbons (Fsp3) is 0.368. The van der Waals surface area contributed by atoms with Crippen LogP contribution in [-0.2, 0) is 11.0 Å². The summed E-state index contributed by atoms with van der Waals surface area (Å²) in [6.07, 6.45) is -3.46. The van der Waals surface area contributed by atoms with Gasteiger partial charge in [0, 0.05) is 51.0 Å². The number of rotatable bonds is 5. The van der Waals surface area contributed by atoms with Crippen LogP contribution in [0.15, 0.2) is 36.5 Å². The van der Waals surface area contributed by atoms with E-state index in [0.717, 1.165) is 12.3 Å². The van der Waals surface area contributed by atoms with Gasteiger partial charge in [0.05, 0.1) is 10.6 Å². The van der Waals surface area contributed by atoms with Gasteiger partial charge in [0.15, 0.2) is 0 Å². The van der Waals surface area contributed by atoms with E-state index < -0.39 is 17.6 Å². The second kappa shape index (κ2) is 8.96. The van der Waals surface area contributed by atoms with E-state index in [1.165, 1.54) is 18.2 Å². The molecule has 0 aliphatic carbocycles. The van der Waals surface area contributed by atoms with Gasteiger partial charge >= 0.3 is 6.18 Å². The highest BCUT2D eigenvalue weighted by Gasteiger charge is 2.32. The highest BCUT2D eigenvalue weighted by atomic mass is 35.5. The van der Waals surface area contributed by atoms with Crippen molar-refractivity contribution in [3.05, 3.63) is 52.9 Å². The number of nitrogens with zero attached hydrogens (tertiary/aromatic N) is 3. The molecule has 0 spiro atoms. The lowest BCUT2D eigenvalue weighted by Gasteiger charge is -2.35. The van der Waals surface area contributed by atoms with E-state index in [9.17, 15) is 22.4 Å². The molecular weight excluding hydrogens is 412 g/mol. The number of amides is 1. The average molecular weight is 431 g/mol. The summed E-state index contributed by atoms with van der Waals surface area (Å²) >= 11 is 6.00. The lowest BCUT2D eigenvalue weighted by atomic mass is 10.2. The zero-order chi connectivity index (χ0) is 21.0. The summed E-state index contributed by atoms with van der Waals surface area (Å²) in [6.45, 7) is 2.81. The minimum Gasteiger partial charge on any atom is -0.353 e. The smallest absolute Gasteiger partial charge is 0.353 e. The van der Waals surface area contributed by atoms with Crippen molar-refractivity contribution >= 4 is 29.0 Å². The fourth-order valence-corrected chi connectivity index (χ4v) is 3.34. The Balaban J connectivity index is 1.47. The topological polar surface area (TPSA) is 48.5 Å². The average Bonchev–Trinajstić information content (AvgIpc) is 2.66. The maximum Gasteiger partial charge on any atom is 0.417 e. The molecule has 0 saturated carbocycles. The molecule has 10 heteroatoms. The van der Waals surface area contributed by atoms with E-state index in [0.29, 0.717) is 44.2 Å². The molecule has 1 aliphatic heterocycles. The number of pyridine rings is 1. The number of halogens is 5. The molecule has 1 N–H and O–H groups in total. The van der Waals surface area contributed by atoms with Gasteiger partial charge in [0.25, 0.3) is 0 Å². The first-order valence-electron chi connectivity index (χ1n) is 8.98. The molecule has 1 aromatic carbocycles. The molecule has 2 aromatic rings. The molecule has 2 heterocycles. The lowest BCUT2D eigenvalue weighted by Crippen LogP contribution is -2.47. The molecule has 1 amide bonds. The third kappa shape index (κ3) is 5.80. The van der Waals surface area contributed by atoms with Crippen LogP contribution < -0.4 is 10.2 Å². The van der Waals surface area contributed by atoms with Gasteiger partial charge < -0.3 is 10.2 Å². The highest BCUT2D eigenvalue weighted by molar-refractivity contribution is 6.33. The Kier molecular flexibility index (Phi) is 6.59. The van der Waals surface area contributed by atoms with Crippen LogP contribution in [0.4, 0.5) is 29.1 Å². The summed E-state index contributed by atoms with van der Waals surface area (Å²) < 4.78 is 51.3. The van der Waals surface area contributed by atoms with Gasteiger partial charge in [-0.15, -0.1) is 0 Å². The van der Waals surface area contributed by atoms with Crippen molar-refractivity contribution in [3.8, 4) is 0 Å². The first kappa shape index (κ1) is 21.3. The van der Waals surface area contributed by atoms with Crippen LogP contribution in [0.1, 0.15) is 12.0 Å². The van der Waals surface area contributed by atoms with Crippen molar-refractivity contribution in [2.45, 2.75) is 12.6 Å². The van der Waals surface area contributed by atoms with Crippen molar-refractivity contribution in [3.63, 3.8) is 0 Å². The van der Waals surface area contributed by atoms with Gasteiger partial charge in [-0.3, -0.25) is 9.69 Å². The monoisotopic (exact) mass is 430 g/mol. The fourth-order valence-electron chi connectivity index (χ4n) is 3.05. The quantitative estimate of drug-likeness (QED) is 0.727. The van der Waals surface area contributed by atoms with Crippen molar-refractivity contribution in [2.75, 3.05) is 42.9 Å². The normalized spacial score (nSPS) is 15.4. The number of aromatic nitrogens is 1. The molecule has 0 unspecified atom stereocenters. The van der Waals surface area contributed by atoms with E-state index in [4.69, 9.17) is 11.6 Å². The number of nitrogens with one attached hydrogen (secondary N) is 1. The largest absolute Gasteiger partial charge is 0.417 e. The predicted molar refractivity (Wildman–Crippen MR) is 103 cm³/mol. The summed E-state index contributed by atoms with van der Waals surface area (Å²) in [5, 5.41) is 2.61. The molecule has 3 rings (SSSR count). The van der Waals surface area contributed by atoms with Gasteiger partial charge in [-0.25, -0.2) is 9.37 Å². The maximum atomic E-state index is 13.1. The van der Waals surface area contributed by atoms with Gasteiger partial charge in [0.2, 0.25) is 5.91 Å². The number of carbonyl (C=O) groups excluding carboxylic acids is 1. The molecular formula is C19H19ClF4N4O. The molecule has 1 aliphatic rings. The van der Waals surface area contributed by atoms with Crippen LogP contribution in [0.3, 0.4) is 0 Å². The summed E-state index contributed by atoms with van der Waals surface area (Å²) in [5.74, 6) is -0.317. The van der Waals surface area contributed by atoms with Gasteiger partial charge in [0.1, 0.15) is 11.6 Å². The lowest BCUT2D eigenvalue weighted by molar-refractivity contribution is -0.137. The molecule has 1 saturated heterocycles.